The lowest BCUT2D eigenvalue weighted by Crippen LogP contribution is -2.11. The van der Waals surface area contributed by atoms with Gasteiger partial charge in [0.05, 0.1) is 17.5 Å². The Balaban J connectivity index is 2.23. The van der Waals surface area contributed by atoms with Gasteiger partial charge in [0.1, 0.15) is 5.75 Å². The number of hydrogen-bond acceptors (Lipinski definition) is 3. The van der Waals surface area contributed by atoms with Gasteiger partial charge in [-0.05, 0) is 49.2 Å². The van der Waals surface area contributed by atoms with Crippen molar-refractivity contribution in [3.8, 4) is 5.75 Å². The highest BCUT2D eigenvalue weighted by molar-refractivity contribution is 7.90. The third kappa shape index (κ3) is 2.80. The van der Waals surface area contributed by atoms with Gasteiger partial charge in [-0.15, -0.1) is 0 Å². The number of hydrogen-bond donors (Lipinski definition) is 0. The highest BCUT2D eigenvalue weighted by Crippen LogP contribution is 2.30. The van der Waals surface area contributed by atoms with Crippen LogP contribution in [0.25, 0.3) is 10.9 Å². The van der Waals surface area contributed by atoms with Gasteiger partial charge >= 0.3 is 0 Å². The molecule has 5 heteroatoms. The minimum absolute atomic E-state index is 0.295. The summed E-state index contributed by atoms with van der Waals surface area (Å²) in [6.07, 6.45) is 3.50. The fourth-order valence-corrected chi connectivity index (χ4v) is 4.25. The van der Waals surface area contributed by atoms with E-state index in [0.717, 1.165) is 35.1 Å². The standard InChI is InChI=1S/C19H21NO3S/c1-4-5-15-13-20(19-11-8-16(23-3)12-18(15)19)24(21,22)17-9-6-14(2)7-10-17/h6-13H,4-5H2,1-3H3. The van der Waals surface area contributed by atoms with E-state index in [1.54, 1.807) is 37.6 Å². The minimum Gasteiger partial charge on any atom is -0.497 e. The molecule has 0 atom stereocenters. The van der Waals surface area contributed by atoms with Crippen molar-refractivity contribution in [3.63, 3.8) is 0 Å². The lowest BCUT2D eigenvalue weighted by atomic mass is 10.1. The average molecular weight is 343 g/mol. The van der Waals surface area contributed by atoms with Crippen LogP contribution in [0.5, 0.6) is 5.75 Å². The molecule has 0 bridgehead atoms. The molecule has 0 N–H and O–H groups in total. The smallest absolute Gasteiger partial charge is 0.268 e. The van der Waals surface area contributed by atoms with Crippen molar-refractivity contribution >= 4 is 20.9 Å². The second-order valence-electron chi connectivity index (χ2n) is 5.90. The minimum atomic E-state index is -3.62. The zero-order valence-electron chi connectivity index (χ0n) is 14.1. The summed E-state index contributed by atoms with van der Waals surface area (Å²) in [6, 6.07) is 12.4. The van der Waals surface area contributed by atoms with Gasteiger partial charge in [-0.2, -0.15) is 0 Å². The first-order valence-electron chi connectivity index (χ1n) is 7.97. The fraction of sp³-hybridized carbons (Fsp3) is 0.263. The summed E-state index contributed by atoms with van der Waals surface area (Å²) >= 11 is 0. The summed E-state index contributed by atoms with van der Waals surface area (Å²) in [4.78, 5) is 0.295. The van der Waals surface area contributed by atoms with Crippen LogP contribution in [0.3, 0.4) is 0 Å². The number of ether oxygens (including phenoxy) is 1. The molecule has 0 saturated heterocycles. The molecular formula is C19H21NO3S. The third-order valence-electron chi connectivity index (χ3n) is 4.16. The van der Waals surface area contributed by atoms with Crippen LogP contribution in [0.4, 0.5) is 0 Å². The molecule has 3 rings (SSSR count). The van der Waals surface area contributed by atoms with Crippen molar-refractivity contribution in [2.45, 2.75) is 31.6 Å². The second kappa shape index (κ2) is 6.32. The number of aryl methyl sites for hydroxylation is 2. The maximum Gasteiger partial charge on any atom is 0.268 e. The molecule has 2 aromatic carbocycles. The lowest BCUT2D eigenvalue weighted by molar-refractivity contribution is 0.415. The summed E-state index contributed by atoms with van der Waals surface area (Å²) < 4.78 is 32.8. The van der Waals surface area contributed by atoms with Crippen LogP contribution in [0.15, 0.2) is 53.6 Å². The molecule has 1 heterocycles. The van der Waals surface area contributed by atoms with E-state index in [9.17, 15) is 8.42 Å². The van der Waals surface area contributed by atoms with Crippen molar-refractivity contribution in [1.82, 2.24) is 3.97 Å². The van der Waals surface area contributed by atoms with Crippen molar-refractivity contribution < 1.29 is 13.2 Å². The maximum atomic E-state index is 13.1. The van der Waals surface area contributed by atoms with E-state index >= 15 is 0 Å². The predicted octanol–water partition coefficient (Wildman–Crippen LogP) is 4.15. The van der Waals surface area contributed by atoms with Crippen LogP contribution in [-0.2, 0) is 16.4 Å². The average Bonchev–Trinajstić information content (AvgIpc) is 2.94. The zero-order valence-corrected chi connectivity index (χ0v) is 14.9. The Morgan fingerprint density at radius 1 is 1.08 bits per heavy atom. The molecule has 0 fully saturated rings. The zero-order chi connectivity index (χ0) is 17.3. The first kappa shape index (κ1) is 16.6. The maximum absolute atomic E-state index is 13.1. The number of aromatic nitrogens is 1. The SMILES string of the molecule is CCCc1cn(S(=O)(=O)c2ccc(C)cc2)c2ccc(OC)cc12. The molecule has 0 unspecified atom stereocenters. The molecule has 0 aliphatic heterocycles. The van der Waals surface area contributed by atoms with Crippen LogP contribution in [0, 0.1) is 6.92 Å². The lowest BCUT2D eigenvalue weighted by Gasteiger charge is -2.08. The molecule has 1 aromatic heterocycles. The fourth-order valence-electron chi connectivity index (χ4n) is 2.86. The highest BCUT2D eigenvalue weighted by Gasteiger charge is 2.21. The topological polar surface area (TPSA) is 48.3 Å². The predicted molar refractivity (Wildman–Crippen MR) is 96.2 cm³/mol. The largest absolute Gasteiger partial charge is 0.497 e. The molecule has 0 aliphatic rings. The molecular weight excluding hydrogens is 322 g/mol. The van der Waals surface area contributed by atoms with Gasteiger partial charge < -0.3 is 4.74 Å². The Kier molecular flexibility index (Phi) is 4.37. The summed E-state index contributed by atoms with van der Waals surface area (Å²) in [5, 5.41) is 0.923. The van der Waals surface area contributed by atoms with Crippen LogP contribution in [0.2, 0.25) is 0 Å². The molecule has 0 amide bonds. The van der Waals surface area contributed by atoms with Crippen molar-refractivity contribution in [2.24, 2.45) is 0 Å². The Morgan fingerprint density at radius 3 is 2.42 bits per heavy atom. The van der Waals surface area contributed by atoms with Gasteiger partial charge in [0.15, 0.2) is 0 Å². The van der Waals surface area contributed by atoms with Gasteiger partial charge in [-0.1, -0.05) is 31.0 Å². The van der Waals surface area contributed by atoms with E-state index in [1.807, 2.05) is 25.1 Å². The molecule has 0 radical (unpaired) electrons. The normalized spacial score (nSPS) is 11.8. The van der Waals surface area contributed by atoms with E-state index in [4.69, 9.17) is 4.74 Å². The van der Waals surface area contributed by atoms with E-state index in [2.05, 4.69) is 6.92 Å². The second-order valence-corrected chi connectivity index (χ2v) is 7.72. The Morgan fingerprint density at radius 2 is 1.79 bits per heavy atom. The Bertz CT molecular complexity index is 970. The summed E-state index contributed by atoms with van der Waals surface area (Å²) in [7, 11) is -2.01. The summed E-state index contributed by atoms with van der Waals surface area (Å²) in [5.41, 5.74) is 2.73. The van der Waals surface area contributed by atoms with Crippen molar-refractivity contribution in [3.05, 3.63) is 59.8 Å². The van der Waals surface area contributed by atoms with Crippen molar-refractivity contribution in [2.75, 3.05) is 7.11 Å². The monoisotopic (exact) mass is 343 g/mol. The van der Waals surface area contributed by atoms with E-state index in [-0.39, 0.29) is 0 Å². The molecule has 0 aliphatic carbocycles. The van der Waals surface area contributed by atoms with Gasteiger partial charge in [-0.25, -0.2) is 12.4 Å². The van der Waals surface area contributed by atoms with E-state index in [1.165, 1.54) is 3.97 Å². The van der Waals surface area contributed by atoms with Crippen LogP contribution in [-0.4, -0.2) is 19.5 Å². The van der Waals surface area contributed by atoms with E-state index in [0.29, 0.717) is 10.4 Å². The Hall–Kier alpha value is -2.27. The first-order valence-corrected chi connectivity index (χ1v) is 9.41. The number of benzene rings is 2. The molecule has 3 aromatic rings. The molecule has 0 saturated carbocycles. The van der Waals surface area contributed by atoms with Crippen molar-refractivity contribution in [1.29, 1.82) is 0 Å². The summed E-state index contributed by atoms with van der Waals surface area (Å²) in [6.45, 7) is 4.02. The Labute approximate surface area is 142 Å². The summed E-state index contributed by atoms with van der Waals surface area (Å²) in [5.74, 6) is 0.727. The highest BCUT2D eigenvalue weighted by atomic mass is 32.2. The van der Waals surface area contributed by atoms with Gasteiger partial charge in [0.25, 0.3) is 10.0 Å². The molecule has 126 valence electrons. The molecule has 4 nitrogen and oxygen atoms in total. The van der Waals surface area contributed by atoms with Gasteiger partial charge in [0.2, 0.25) is 0 Å². The quantitative estimate of drug-likeness (QED) is 0.699. The first-order chi connectivity index (χ1) is 11.5. The molecule has 24 heavy (non-hydrogen) atoms. The third-order valence-corrected chi connectivity index (χ3v) is 5.85. The number of rotatable bonds is 5. The van der Waals surface area contributed by atoms with Crippen LogP contribution >= 0.6 is 0 Å². The molecule has 0 spiro atoms. The van der Waals surface area contributed by atoms with E-state index < -0.39 is 10.0 Å². The number of fused-ring (bicyclic) bond motifs is 1. The van der Waals surface area contributed by atoms with Crippen LogP contribution in [0.1, 0.15) is 24.5 Å². The number of nitrogens with zero attached hydrogens (tertiary/aromatic N) is 1. The number of methoxy groups -OCH3 is 1. The van der Waals surface area contributed by atoms with Gasteiger partial charge in [0, 0.05) is 11.6 Å². The van der Waals surface area contributed by atoms with Crippen LogP contribution < -0.4 is 4.74 Å². The van der Waals surface area contributed by atoms with Gasteiger partial charge in [-0.3, -0.25) is 0 Å².